The number of methoxy groups -OCH3 is 1. The second-order valence-electron chi connectivity index (χ2n) is 7.40. The van der Waals surface area contributed by atoms with E-state index in [4.69, 9.17) is 13.9 Å². The Bertz CT molecular complexity index is 897. The van der Waals surface area contributed by atoms with Crippen LogP contribution in [0.2, 0.25) is 0 Å². The topological polar surface area (TPSA) is 77.8 Å². The normalized spacial score (nSPS) is 14.6. The highest BCUT2D eigenvalue weighted by atomic mass is 16.5. The number of rotatable bonds is 6. The maximum atomic E-state index is 12.8. The third-order valence-corrected chi connectivity index (χ3v) is 4.91. The first kappa shape index (κ1) is 20.0. The number of fused-ring (bicyclic) bond motifs is 1. The predicted octanol–water partition coefficient (Wildman–Crippen LogP) is 4.39. The highest BCUT2D eigenvalue weighted by molar-refractivity contribution is 6.03. The molecule has 0 aliphatic heterocycles. The maximum Gasteiger partial charge on any atom is 0.287 e. The number of hydrogen-bond donors (Lipinski definition) is 1. The van der Waals surface area contributed by atoms with Gasteiger partial charge >= 0.3 is 0 Å². The van der Waals surface area contributed by atoms with Gasteiger partial charge in [-0.15, -0.1) is 0 Å². The molecule has 1 aromatic heterocycles. The van der Waals surface area contributed by atoms with Gasteiger partial charge in [-0.05, 0) is 51.8 Å². The Morgan fingerprint density at radius 1 is 1.18 bits per heavy atom. The van der Waals surface area contributed by atoms with Crippen molar-refractivity contribution < 1.29 is 23.5 Å². The summed E-state index contributed by atoms with van der Waals surface area (Å²) in [5.41, 5.74) is 2.09. The van der Waals surface area contributed by atoms with Crippen LogP contribution in [0.15, 0.2) is 22.6 Å². The molecule has 150 valence electrons. The molecular formula is C22H27NO5. The molecule has 1 heterocycles. The molecular weight excluding hydrogens is 358 g/mol. The van der Waals surface area contributed by atoms with Crippen LogP contribution in [0.25, 0.3) is 0 Å². The van der Waals surface area contributed by atoms with Gasteiger partial charge in [0.05, 0.1) is 24.8 Å². The van der Waals surface area contributed by atoms with E-state index in [1.807, 2.05) is 39.0 Å². The van der Waals surface area contributed by atoms with Crippen molar-refractivity contribution in [1.29, 1.82) is 0 Å². The first-order valence-corrected chi connectivity index (χ1v) is 9.62. The fourth-order valence-electron chi connectivity index (χ4n) is 3.52. The average molecular weight is 385 g/mol. The van der Waals surface area contributed by atoms with Crippen molar-refractivity contribution in [3.05, 3.63) is 46.4 Å². The molecule has 6 nitrogen and oxygen atoms in total. The molecule has 0 radical (unpaired) electrons. The number of ether oxygens (including phenoxy) is 2. The zero-order valence-corrected chi connectivity index (χ0v) is 17.0. The fraction of sp³-hybridized carbons (Fsp3) is 0.455. The Hall–Kier alpha value is -2.76. The fourth-order valence-corrected chi connectivity index (χ4v) is 3.52. The number of Topliss-reactive ketones (excluding diaryl/α,β-unsaturated/α-hetero) is 1. The van der Waals surface area contributed by atoms with Crippen molar-refractivity contribution in [2.45, 2.75) is 59.1 Å². The molecule has 0 spiro atoms. The van der Waals surface area contributed by atoms with Gasteiger partial charge in [0.2, 0.25) is 0 Å². The SMILES string of the molecule is COc1cc([C@@H](C)NC(=O)c2oc3c(c2C)C(=O)CCC3)ccc1OC(C)C. The number of benzene rings is 1. The monoisotopic (exact) mass is 385 g/mol. The molecule has 28 heavy (non-hydrogen) atoms. The largest absolute Gasteiger partial charge is 0.493 e. The van der Waals surface area contributed by atoms with Gasteiger partial charge in [0.25, 0.3) is 5.91 Å². The highest BCUT2D eigenvalue weighted by Crippen LogP contribution is 2.32. The molecule has 1 amide bonds. The van der Waals surface area contributed by atoms with Gasteiger partial charge in [-0.25, -0.2) is 0 Å². The van der Waals surface area contributed by atoms with E-state index in [2.05, 4.69) is 5.32 Å². The summed E-state index contributed by atoms with van der Waals surface area (Å²) < 4.78 is 16.9. The third kappa shape index (κ3) is 3.91. The van der Waals surface area contributed by atoms with Crippen LogP contribution >= 0.6 is 0 Å². The van der Waals surface area contributed by atoms with Gasteiger partial charge in [0.15, 0.2) is 23.0 Å². The summed E-state index contributed by atoms with van der Waals surface area (Å²) in [7, 11) is 1.59. The van der Waals surface area contributed by atoms with E-state index in [9.17, 15) is 9.59 Å². The molecule has 1 N–H and O–H groups in total. The molecule has 1 atom stereocenters. The number of nitrogens with one attached hydrogen (secondary N) is 1. The van der Waals surface area contributed by atoms with Gasteiger partial charge in [0.1, 0.15) is 5.76 Å². The van der Waals surface area contributed by atoms with Crippen LogP contribution in [-0.4, -0.2) is 24.9 Å². The Morgan fingerprint density at radius 3 is 2.57 bits per heavy atom. The Morgan fingerprint density at radius 2 is 1.93 bits per heavy atom. The minimum Gasteiger partial charge on any atom is -0.493 e. The van der Waals surface area contributed by atoms with Crippen LogP contribution in [0.4, 0.5) is 0 Å². The first-order chi connectivity index (χ1) is 13.3. The van der Waals surface area contributed by atoms with Crippen LogP contribution in [0, 0.1) is 6.92 Å². The van der Waals surface area contributed by atoms with Crippen LogP contribution in [-0.2, 0) is 6.42 Å². The standard InChI is InChI=1S/C22H27NO5/c1-12(2)27-17-10-9-15(11-19(17)26-5)14(4)23-22(25)21-13(3)20-16(24)7-6-8-18(20)28-21/h9-12,14H,6-8H2,1-5H3,(H,23,25)/t14-/m1/s1. The molecule has 6 heteroatoms. The summed E-state index contributed by atoms with van der Waals surface area (Å²) in [6, 6.07) is 5.32. The van der Waals surface area contributed by atoms with Gasteiger partial charge in [-0.2, -0.15) is 0 Å². The predicted molar refractivity (Wildman–Crippen MR) is 105 cm³/mol. The lowest BCUT2D eigenvalue weighted by Gasteiger charge is -2.18. The Labute approximate surface area is 165 Å². The molecule has 0 fully saturated rings. The zero-order chi connectivity index (χ0) is 20.4. The van der Waals surface area contributed by atoms with E-state index in [0.29, 0.717) is 41.2 Å². The van der Waals surface area contributed by atoms with Gasteiger partial charge in [-0.1, -0.05) is 6.07 Å². The molecule has 1 aromatic carbocycles. The van der Waals surface area contributed by atoms with E-state index in [0.717, 1.165) is 12.0 Å². The summed E-state index contributed by atoms with van der Waals surface area (Å²) in [6.45, 7) is 7.56. The van der Waals surface area contributed by atoms with Crippen LogP contribution < -0.4 is 14.8 Å². The van der Waals surface area contributed by atoms with Crippen molar-refractivity contribution in [1.82, 2.24) is 5.32 Å². The molecule has 1 aliphatic rings. The number of furan rings is 1. The molecule has 1 aliphatic carbocycles. The van der Waals surface area contributed by atoms with Crippen molar-refractivity contribution in [2.24, 2.45) is 0 Å². The molecule has 2 aromatic rings. The number of amides is 1. The van der Waals surface area contributed by atoms with E-state index < -0.39 is 0 Å². The number of aryl methyl sites for hydroxylation is 1. The molecule has 0 unspecified atom stereocenters. The van der Waals surface area contributed by atoms with Gasteiger partial charge in [-0.3, -0.25) is 9.59 Å². The molecule has 0 saturated carbocycles. The first-order valence-electron chi connectivity index (χ1n) is 9.62. The molecule has 0 bridgehead atoms. The second kappa shape index (κ2) is 8.09. The summed E-state index contributed by atoms with van der Waals surface area (Å²) in [4.78, 5) is 24.9. The number of hydrogen-bond acceptors (Lipinski definition) is 5. The van der Waals surface area contributed by atoms with E-state index in [1.54, 1.807) is 14.0 Å². The summed E-state index contributed by atoms with van der Waals surface area (Å²) in [6.07, 6.45) is 2.00. The van der Waals surface area contributed by atoms with Crippen molar-refractivity contribution in [2.75, 3.05) is 7.11 Å². The van der Waals surface area contributed by atoms with Crippen LogP contribution in [0.3, 0.4) is 0 Å². The smallest absolute Gasteiger partial charge is 0.287 e. The van der Waals surface area contributed by atoms with Gasteiger partial charge < -0.3 is 19.2 Å². The minimum atomic E-state index is -0.325. The number of ketones is 1. The van der Waals surface area contributed by atoms with Crippen LogP contribution in [0.1, 0.15) is 77.5 Å². The Balaban J connectivity index is 1.79. The third-order valence-electron chi connectivity index (χ3n) is 4.91. The lowest BCUT2D eigenvalue weighted by atomic mass is 9.94. The minimum absolute atomic E-state index is 0.0348. The molecule has 3 rings (SSSR count). The van der Waals surface area contributed by atoms with Crippen molar-refractivity contribution >= 4 is 11.7 Å². The average Bonchev–Trinajstić information content (AvgIpc) is 2.99. The van der Waals surface area contributed by atoms with E-state index >= 15 is 0 Å². The lowest BCUT2D eigenvalue weighted by molar-refractivity contribution is 0.0906. The quantitative estimate of drug-likeness (QED) is 0.798. The maximum absolute atomic E-state index is 12.8. The number of carbonyl (C=O) groups excluding carboxylic acids is 2. The summed E-state index contributed by atoms with van der Waals surface area (Å²) in [5, 5.41) is 2.95. The number of carbonyl (C=O) groups is 2. The van der Waals surface area contributed by atoms with Crippen LogP contribution in [0.5, 0.6) is 11.5 Å². The van der Waals surface area contributed by atoms with Gasteiger partial charge in [0, 0.05) is 18.4 Å². The zero-order valence-electron chi connectivity index (χ0n) is 17.0. The Kier molecular flexibility index (Phi) is 5.77. The second-order valence-corrected chi connectivity index (χ2v) is 7.40. The van der Waals surface area contributed by atoms with E-state index in [1.165, 1.54) is 0 Å². The van der Waals surface area contributed by atoms with E-state index in [-0.39, 0.29) is 29.6 Å². The summed E-state index contributed by atoms with van der Waals surface area (Å²) >= 11 is 0. The highest BCUT2D eigenvalue weighted by Gasteiger charge is 2.29. The lowest BCUT2D eigenvalue weighted by Crippen LogP contribution is -2.27. The molecule has 0 saturated heterocycles. The summed E-state index contributed by atoms with van der Waals surface area (Å²) in [5.74, 6) is 1.85. The van der Waals surface area contributed by atoms with Crippen molar-refractivity contribution in [3.8, 4) is 11.5 Å². The van der Waals surface area contributed by atoms with Crippen molar-refractivity contribution in [3.63, 3.8) is 0 Å².